The molecule has 1 fully saturated rings. The number of nitrogens with one attached hydrogen (secondary N) is 1. The molecule has 1 aliphatic rings. The Morgan fingerprint density at radius 2 is 2.03 bits per heavy atom. The van der Waals surface area contributed by atoms with Crippen LogP contribution >= 0.6 is 22.6 Å². The van der Waals surface area contributed by atoms with Gasteiger partial charge in [0.15, 0.2) is 0 Å². The number of pyridine rings is 1. The molecule has 148 valence electrons. The maximum atomic E-state index is 12.1. The number of hydrogen-bond donors (Lipinski definition) is 2. The van der Waals surface area contributed by atoms with Crippen LogP contribution in [0, 0.1) is 3.57 Å². The van der Waals surface area contributed by atoms with E-state index in [-0.39, 0.29) is 11.4 Å². The van der Waals surface area contributed by atoms with E-state index in [4.69, 9.17) is 0 Å². The van der Waals surface area contributed by atoms with Gasteiger partial charge in [-0.25, -0.2) is 0 Å². The molecule has 4 rings (SSSR count). The number of aromatic nitrogens is 1. The van der Waals surface area contributed by atoms with Crippen molar-refractivity contribution < 1.29 is 5.11 Å². The normalized spacial score (nSPS) is 17.3. The number of aliphatic imine (C=N–C) groups is 1. The van der Waals surface area contributed by atoms with Crippen LogP contribution in [0.25, 0.3) is 10.8 Å². The molecule has 0 bridgehead atoms. The molecule has 0 saturated carbocycles. The quantitative estimate of drug-likeness (QED) is 0.298. The third-order valence-corrected chi connectivity index (χ3v) is 6.02. The molecule has 29 heavy (non-hydrogen) atoms. The molecule has 5 nitrogen and oxygen atoms in total. The van der Waals surface area contributed by atoms with E-state index in [9.17, 15) is 9.90 Å². The number of hydrogen-bond acceptors (Lipinski definition) is 4. The molecule has 2 heterocycles. The molecule has 1 saturated heterocycles. The molecule has 1 atom stereocenters. The predicted octanol–water partition coefficient (Wildman–Crippen LogP) is 4.91. The minimum Gasteiger partial charge on any atom is -0.494 e. The smallest absolute Gasteiger partial charge is 0.258 e. The van der Waals surface area contributed by atoms with Crippen LogP contribution in [0.15, 0.2) is 64.9 Å². The monoisotopic (exact) mass is 499 g/mol. The molecule has 6 heteroatoms. The Morgan fingerprint density at radius 3 is 2.79 bits per heavy atom. The van der Waals surface area contributed by atoms with Gasteiger partial charge >= 0.3 is 0 Å². The average molecular weight is 499 g/mol. The van der Waals surface area contributed by atoms with Gasteiger partial charge in [0.2, 0.25) is 5.88 Å². The fraction of sp³-hybridized carbons (Fsp3) is 0.217. The third kappa shape index (κ3) is 4.13. The number of fused-ring (bicyclic) bond motifs is 1. The number of rotatable bonds is 5. The van der Waals surface area contributed by atoms with Crippen LogP contribution in [0.3, 0.4) is 0 Å². The van der Waals surface area contributed by atoms with E-state index in [1.165, 1.54) is 12.0 Å². The molecular weight excluding hydrogens is 477 g/mol. The number of H-pyrrole nitrogens is 1. The van der Waals surface area contributed by atoms with Crippen molar-refractivity contribution in [2.45, 2.75) is 18.9 Å². The second-order valence-electron chi connectivity index (χ2n) is 7.20. The van der Waals surface area contributed by atoms with Gasteiger partial charge in [0.05, 0.1) is 11.3 Å². The Bertz CT molecular complexity index is 1140. The second kappa shape index (κ2) is 8.51. The maximum absolute atomic E-state index is 12.1. The van der Waals surface area contributed by atoms with Gasteiger partial charge in [-0.05, 0) is 77.9 Å². The zero-order valence-corrected chi connectivity index (χ0v) is 18.1. The summed E-state index contributed by atoms with van der Waals surface area (Å²) in [6.07, 6.45) is 5.93. The molecule has 0 amide bonds. The van der Waals surface area contributed by atoms with Gasteiger partial charge < -0.3 is 5.11 Å². The van der Waals surface area contributed by atoms with Crippen LogP contribution in [-0.4, -0.2) is 34.3 Å². The number of benzene rings is 2. The summed E-state index contributed by atoms with van der Waals surface area (Å²) in [4.78, 5) is 21.6. The van der Waals surface area contributed by atoms with Crippen LogP contribution in [-0.2, 0) is 0 Å². The van der Waals surface area contributed by atoms with Crippen LogP contribution in [0.1, 0.15) is 30.0 Å². The Morgan fingerprint density at radius 1 is 1.24 bits per heavy atom. The van der Waals surface area contributed by atoms with Crippen molar-refractivity contribution in [1.82, 2.24) is 9.88 Å². The highest BCUT2D eigenvalue weighted by Crippen LogP contribution is 2.32. The van der Waals surface area contributed by atoms with E-state index in [2.05, 4.69) is 56.2 Å². The predicted molar refractivity (Wildman–Crippen MR) is 126 cm³/mol. The second-order valence-corrected chi connectivity index (χ2v) is 8.44. The van der Waals surface area contributed by atoms with E-state index in [0.29, 0.717) is 22.4 Å². The van der Waals surface area contributed by atoms with Gasteiger partial charge in [0, 0.05) is 33.1 Å². The summed E-state index contributed by atoms with van der Waals surface area (Å²) >= 11 is 2.19. The van der Waals surface area contributed by atoms with E-state index in [1.807, 2.05) is 30.3 Å². The van der Waals surface area contributed by atoms with E-state index in [1.54, 1.807) is 12.3 Å². The number of aromatic amines is 1. The van der Waals surface area contributed by atoms with Crippen molar-refractivity contribution in [1.29, 1.82) is 0 Å². The lowest BCUT2D eigenvalue weighted by Crippen LogP contribution is -2.23. The largest absolute Gasteiger partial charge is 0.494 e. The average Bonchev–Trinajstić information content (AvgIpc) is 3.16. The molecule has 0 spiro atoms. The highest BCUT2D eigenvalue weighted by atomic mass is 127. The van der Waals surface area contributed by atoms with Gasteiger partial charge in [-0.1, -0.05) is 18.2 Å². The van der Waals surface area contributed by atoms with E-state index in [0.717, 1.165) is 28.8 Å². The first kappa shape index (κ1) is 19.8. The van der Waals surface area contributed by atoms with Gasteiger partial charge in [-0.15, -0.1) is 6.58 Å². The summed E-state index contributed by atoms with van der Waals surface area (Å²) in [5.74, 6) is -0.170. The minimum absolute atomic E-state index is 0.170. The van der Waals surface area contributed by atoms with Gasteiger partial charge in [0.1, 0.15) is 0 Å². The molecule has 0 radical (unpaired) electrons. The van der Waals surface area contributed by atoms with Crippen LogP contribution in [0.5, 0.6) is 5.88 Å². The van der Waals surface area contributed by atoms with Crippen LogP contribution < -0.4 is 5.56 Å². The topological polar surface area (TPSA) is 68.7 Å². The number of halogens is 1. The lowest BCUT2D eigenvalue weighted by Gasteiger charge is -2.23. The lowest BCUT2D eigenvalue weighted by molar-refractivity contribution is 0.286. The highest BCUT2D eigenvalue weighted by molar-refractivity contribution is 14.1. The van der Waals surface area contributed by atoms with Gasteiger partial charge in [-0.3, -0.25) is 19.7 Å². The van der Waals surface area contributed by atoms with Crippen molar-refractivity contribution in [3.8, 4) is 5.88 Å². The molecule has 1 aliphatic heterocycles. The summed E-state index contributed by atoms with van der Waals surface area (Å²) in [5, 5.41) is 11.5. The standard InChI is InChI=1S/C23H22IN3O2/c1-2-11-27-12-3-4-21(27)15-5-8-17(9-6-15)25-14-20-19-13-16(24)7-10-18(19)22(28)26-23(20)29/h2,5-10,13-14,21H,1,3-4,11-12H2,(H2,26,28,29). The van der Waals surface area contributed by atoms with Crippen molar-refractivity contribution >= 4 is 45.3 Å². The highest BCUT2D eigenvalue weighted by Gasteiger charge is 2.24. The van der Waals surface area contributed by atoms with Crippen molar-refractivity contribution in [2.75, 3.05) is 13.1 Å². The van der Waals surface area contributed by atoms with Crippen molar-refractivity contribution in [2.24, 2.45) is 4.99 Å². The fourth-order valence-electron chi connectivity index (χ4n) is 3.95. The van der Waals surface area contributed by atoms with Crippen LogP contribution in [0.4, 0.5) is 5.69 Å². The Kier molecular flexibility index (Phi) is 5.82. The Labute approximate surface area is 182 Å². The van der Waals surface area contributed by atoms with Crippen molar-refractivity contribution in [3.63, 3.8) is 0 Å². The lowest BCUT2D eigenvalue weighted by atomic mass is 10.0. The first-order valence-corrected chi connectivity index (χ1v) is 10.7. The Balaban J connectivity index is 1.62. The molecule has 2 N–H and O–H groups in total. The molecule has 1 unspecified atom stereocenters. The molecule has 0 aliphatic carbocycles. The van der Waals surface area contributed by atoms with Crippen molar-refractivity contribution in [3.05, 3.63) is 80.2 Å². The summed E-state index contributed by atoms with van der Waals surface area (Å²) in [6.45, 7) is 5.87. The third-order valence-electron chi connectivity index (χ3n) is 5.35. The molecular formula is C23H22IN3O2. The first-order chi connectivity index (χ1) is 14.1. The number of nitrogens with zero attached hydrogens (tertiary/aromatic N) is 2. The zero-order valence-electron chi connectivity index (χ0n) is 15.9. The van der Waals surface area contributed by atoms with E-state index < -0.39 is 0 Å². The van der Waals surface area contributed by atoms with Gasteiger partial charge in [0.25, 0.3) is 5.56 Å². The summed E-state index contributed by atoms with van der Waals surface area (Å²) in [6, 6.07) is 14.2. The van der Waals surface area contributed by atoms with Crippen LogP contribution in [0.2, 0.25) is 0 Å². The fourth-order valence-corrected chi connectivity index (χ4v) is 4.44. The minimum atomic E-state index is -0.309. The van der Waals surface area contributed by atoms with Gasteiger partial charge in [-0.2, -0.15) is 0 Å². The maximum Gasteiger partial charge on any atom is 0.258 e. The Hall–Kier alpha value is -2.45. The number of aromatic hydroxyl groups is 1. The molecule has 2 aromatic carbocycles. The summed E-state index contributed by atoms with van der Waals surface area (Å²) in [7, 11) is 0. The SMILES string of the molecule is C=CCN1CCCC1c1ccc(N=Cc2c(O)[nH]c(=O)c3ccc(I)cc23)cc1. The summed E-state index contributed by atoms with van der Waals surface area (Å²) < 4.78 is 0.986. The zero-order chi connectivity index (χ0) is 20.4. The van der Waals surface area contributed by atoms with E-state index >= 15 is 0 Å². The molecule has 1 aromatic heterocycles. The summed E-state index contributed by atoms with van der Waals surface area (Å²) in [5.41, 5.74) is 2.28. The first-order valence-electron chi connectivity index (χ1n) is 9.60. The molecule has 3 aromatic rings. The number of likely N-dealkylation sites (tertiary alicyclic amines) is 1.